The second kappa shape index (κ2) is 2.11. The van der Waals surface area contributed by atoms with Gasteiger partial charge >= 0.3 is 0 Å². The summed E-state index contributed by atoms with van der Waals surface area (Å²) < 4.78 is 4.68. The van der Waals surface area contributed by atoms with Gasteiger partial charge in [0.25, 0.3) is 0 Å². The van der Waals surface area contributed by atoms with Gasteiger partial charge in [0.2, 0.25) is 0 Å². The molecular formula is C3HBrClNS. The topological polar surface area (TPSA) is 12.9 Å². The van der Waals surface area contributed by atoms with E-state index in [9.17, 15) is 0 Å². The Morgan fingerprint density at radius 2 is 2.57 bits per heavy atom. The molecule has 0 atom stereocenters. The second-order valence-corrected chi connectivity index (χ2v) is 3.47. The van der Waals surface area contributed by atoms with Gasteiger partial charge in [-0.25, -0.2) is 0 Å². The zero-order valence-corrected chi connectivity index (χ0v) is 6.35. The third kappa shape index (κ3) is 1.15. The van der Waals surface area contributed by atoms with Crippen molar-refractivity contribution in [1.29, 1.82) is 0 Å². The van der Waals surface area contributed by atoms with Crippen LogP contribution in [0.3, 0.4) is 0 Å². The molecule has 0 aromatic carbocycles. The van der Waals surface area contributed by atoms with Gasteiger partial charge in [-0.1, -0.05) is 11.6 Å². The predicted octanol–water partition coefficient (Wildman–Crippen LogP) is 2.56. The third-order valence-electron chi connectivity index (χ3n) is 0.487. The van der Waals surface area contributed by atoms with Gasteiger partial charge in [0.15, 0.2) is 0 Å². The van der Waals surface area contributed by atoms with Gasteiger partial charge in [0.1, 0.15) is 3.79 Å². The zero-order valence-electron chi connectivity index (χ0n) is 3.19. The Kier molecular flexibility index (Phi) is 1.67. The molecule has 0 spiro atoms. The molecular weight excluding hydrogens is 197 g/mol. The van der Waals surface area contributed by atoms with E-state index in [-0.39, 0.29) is 0 Å². The maximum atomic E-state index is 5.53. The largest absolute Gasteiger partial charge is 0.198 e. The molecule has 0 bridgehead atoms. The first-order chi connectivity index (χ1) is 3.30. The van der Waals surface area contributed by atoms with Crippen LogP contribution >= 0.6 is 39.1 Å². The Morgan fingerprint density at radius 1 is 1.86 bits per heavy atom. The summed E-state index contributed by atoms with van der Waals surface area (Å²) in [6.45, 7) is 0. The highest BCUT2D eigenvalue weighted by atomic mass is 79.9. The molecule has 1 aromatic rings. The highest BCUT2D eigenvalue weighted by Crippen LogP contribution is 2.24. The van der Waals surface area contributed by atoms with Crippen LogP contribution in [0.1, 0.15) is 0 Å². The standard InChI is InChI=1S/C3HBrClNS/c4-3-2(5)1-6-7-3/h1H. The van der Waals surface area contributed by atoms with Gasteiger partial charge in [-0.3, -0.25) is 0 Å². The van der Waals surface area contributed by atoms with E-state index in [2.05, 4.69) is 20.3 Å². The normalized spacial score (nSPS) is 9.43. The first-order valence-electron chi connectivity index (χ1n) is 1.56. The van der Waals surface area contributed by atoms with E-state index >= 15 is 0 Å². The van der Waals surface area contributed by atoms with Crippen molar-refractivity contribution in [2.24, 2.45) is 0 Å². The third-order valence-corrected chi connectivity index (χ3v) is 2.57. The Morgan fingerprint density at radius 3 is 2.71 bits per heavy atom. The lowest BCUT2D eigenvalue weighted by Gasteiger charge is -1.71. The summed E-state index contributed by atoms with van der Waals surface area (Å²) in [7, 11) is 0. The van der Waals surface area contributed by atoms with Gasteiger partial charge in [0.05, 0.1) is 11.2 Å². The fourth-order valence-corrected chi connectivity index (χ4v) is 1.17. The quantitative estimate of drug-likeness (QED) is 0.624. The minimum absolute atomic E-state index is 0.685. The number of nitrogens with zero attached hydrogens (tertiary/aromatic N) is 1. The Hall–Kier alpha value is 0.400. The molecule has 0 saturated carbocycles. The molecule has 0 aliphatic heterocycles. The molecule has 38 valence electrons. The molecule has 1 aromatic heterocycles. The van der Waals surface area contributed by atoms with Crippen LogP contribution in [0.15, 0.2) is 9.98 Å². The number of hydrogen-bond acceptors (Lipinski definition) is 2. The molecule has 1 heterocycles. The van der Waals surface area contributed by atoms with Crippen LogP contribution in [0.4, 0.5) is 0 Å². The van der Waals surface area contributed by atoms with E-state index in [4.69, 9.17) is 11.6 Å². The van der Waals surface area contributed by atoms with Crippen molar-refractivity contribution in [3.63, 3.8) is 0 Å². The van der Waals surface area contributed by atoms with Gasteiger partial charge in [-0.15, -0.1) is 0 Å². The van der Waals surface area contributed by atoms with Gasteiger partial charge in [0, 0.05) is 0 Å². The van der Waals surface area contributed by atoms with E-state index in [0.717, 1.165) is 3.79 Å². The number of aromatic nitrogens is 1. The van der Waals surface area contributed by atoms with Crippen molar-refractivity contribution in [2.75, 3.05) is 0 Å². The van der Waals surface area contributed by atoms with Crippen molar-refractivity contribution in [3.05, 3.63) is 15.0 Å². The van der Waals surface area contributed by atoms with Crippen LogP contribution in [0.25, 0.3) is 0 Å². The molecule has 1 rings (SSSR count). The second-order valence-electron chi connectivity index (χ2n) is 0.947. The predicted molar refractivity (Wildman–Crippen MR) is 34.8 cm³/mol. The highest BCUT2D eigenvalue weighted by molar-refractivity contribution is 9.11. The molecule has 1 nitrogen and oxygen atoms in total. The van der Waals surface area contributed by atoms with Crippen LogP contribution in [-0.2, 0) is 0 Å². The summed E-state index contributed by atoms with van der Waals surface area (Å²) in [6, 6.07) is 0. The Labute approximate surface area is 58.6 Å². The van der Waals surface area contributed by atoms with Crippen molar-refractivity contribution >= 4 is 39.1 Å². The minimum atomic E-state index is 0.685. The lowest BCUT2D eigenvalue weighted by atomic mass is 10.8. The van der Waals surface area contributed by atoms with Crippen molar-refractivity contribution in [2.45, 2.75) is 0 Å². The number of hydrogen-bond donors (Lipinski definition) is 0. The maximum Gasteiger partial charge on any atom is 0.109 e. The average Bonchev–Trinajstić information content (AvgIpc) is 1.91. The van der Waals surface area contributed by atoms with Gasteiger partial charge in [-0.2, -0.15) is 4.37 Å². The summed E-state index contributed by atoms with van der Waals surface area (Å²) in [4.78, 5) is 0. The molecule has 0 saturated heterocycles. The van der Waals surface area contributed by atoms with Crippen LogP contribution < -0.4 is 0 Å². The van der Waals surface area contributed by atoms with E-state index < -0.39 is 0 Å². The monoisotopic (exact) mass is 197 g/mol. The van der Waals surface area contributed by atoms with Crippen LogP contribution in [-0.4, -0.2) is 4.37 Å². The summed E-state index contributed by atoms with van der Waals surface area (Å²) in [5.41, 5.74) is 0. The minimum Gasteiger partial charge on any atom is -0.198 e. The number of rotatable bonds is 0. The molecule has 0 aliphatic rings. The van der Waals surface area contributed by atoms with E-state index in [1.807, 2.05) is 0 Å². The molecule has 7 heavy (non-hydrogen) atoms. The van der Waals surface area contributed by atoms with E-state index in [1.54, 1.807) is 6.20 Å². The first-order valence-corrected chi connectivity index (χ1v) is 3.51. The highest BCUT2D eigenvalue weighted by Gasteiger charge is 1.94. The molecule has 4 heteroatoms. The van der Waals surface area contributed by atoms with Crippen molar-refractivity contribution < 1.29 is 0 Å². The molecule has 0 N–H and O–H groups in total. The molecule has 0 amide bonds. The Balaban J connectivity index is 3.12. The maximum absolute atomic E-state index is 5.53. The van der Waals surface area contributed by atoms with Crippen LogP contribution in [0.2, 0.25) is 5.02 Å². The summed E-state index contributed by atoms with van der Waals surface area (Å²) >= 11 is 10.1. The smallest absolute Gasteiger partial charge is 0.109 e. The fraction of sp³-hybridized carbons (Fsp3) is 0. The number of halogens is 2. The van der Waals surface area contributed by atoms with Crippen LogP contribution in [0.5, 0.6) is 0 Å². The SMILES string of the molecule is Clc1cnsc1Br. The van der Waals surface area contributed by atoms with Gasteiger partial charge < -0.3 is 0 Å². The zero-order chi connectivity index (χ0) is 5.28. The van der Waals surface area contributed by atoms with Crippen molar-refractivity contribution in [1.82, 2.24) is 4.37 Å². The van der Waals surface area contributed by atoms with E-state index in [1.165, 1.54) is 11.5 Å². The summed E-state index contributed by atoms with van der Waals surface area (Å²) in [6.07, 6.45) is 1.61. The lowest BCUT2D eigenvalue weighted by Crippen LogP contribution is -1.44. The molecule has 0 aliphatic carbocycles. The molecule has 0 unspecified atom stereocenters. The average molecular weight is 198 g/mol. The molecule has 0 radical (unpaired) electrons. The van der Waals surface area contributed by atoms with E-state index in [0.29, 0.717) is 5.02 Å². The van der Waals surface area contributed by atoms with Crippen molar-refractivity contribution in [3.8, 4) is 0 Å². The lowest BCUT2D eigenvalue weighted by molar-refractivity contribution is 1.58. The summed E-state index contributed by atoms with van der Waals surface area (Å²) in [5.74, 6) is 0. The molecule has 0 fully saturated rings. The summed E-state index contributed by atoms with van der Waals surface area (Å²) in [5, 5.41) is 0.685. The Bertz CT molecular complexity index is 147. The van der Waals surface area contributed by atoms with Crippen LogP contribution in [0, 0.1) is 0 Å². The fourth-order valence-electron chi connectivity index (χ4n) is 0.213. The first kappa shape index (κ1) is 5.54. The van der Waals surface area contributed by atoms with Gasteiger partial charge in [-0.05, 0) is 27.5 Å².